The number of hydrogen-bond donors (Lipinski definition) is 0. The Hall–Kier alpha value is -2.36. The average Bonchev–Trinajstić information content (AvgIpc) is 2.95. The van der Waals surface area contributed by atoms with Crippen LogP contribution in [-0.2, 0) is 21.1 Å². The largest absolute Gasteiger partial charge is 0.383 e. The van der Waals surface area contributed by atoms with Crippen LogP contribution in [0.25, 0.3) is 10.2 Å². The number of carbonyl (C=O) groups is 1. The Bertz CT molecular complexity index is 1180. The molecule has 0 atom stereocenters. The molecule has 3 aromatic rings. The molecule has 3 rings (SSSR count). The molecule has 9 heteroatoms. The molecule has 6 nitrogen and oxygen atoms in total. The Labute approximate surface area is 159 Å². The molecule has 0 aliphatic heterocycles. The summed E-state index contributed by atoms with van der Waals surface area (Å²) in [5.74, 6) is -1.09. The van der Waals surface area contributed by atoms with E-state index >= 15 is 0 Å². The van der Waals surface area contributed by atoms with Crippen LogP contribution in [0.3, 0.4) is 0 Å². The molecule has 0 spiro atoms. The number of methoxy groups -OCH3 is 1. The topological polar surface area (TPSA) is 77.7 Å². The van der Waals surface area contributed by atoms with E-state index in [1.165, 1.54) is 35.6 Å². The first kappa shape index (κ1) is 19.4. The summed E-state index contributed by atoms with van der Waals surface area (Å²) < 4.78 is 44.5. The van der Waals surface area contributed by atoms with Crippen molar-refractivity contribution in [3.8, 4) is 0 Å². The van der Waals surface area contributed by atoms with Crippen LogP contribution in [0.2, 0.25) is 0 Å². The van der Waals surface area contributed by atoms with Crippen molar-refractivity contribution in [3.05, 3.63) is 58.6 Å². The van der Waals surface area contributed by atoms with E-state index in [0.717, 1.165) is 17.8 Å². The van der Waals surface area contributed by atoms with Crippen LogP contribution in [0, 0.1) is 5.82 Å². The second-order valence-corrected chi connectivity index (χ2v) is 8.88. The summed E-state index contributed by atoms with van der Waals surface area (Å²) in [4.78, 5) is 17.1. The highest BCUT2D eigenvalue weighted by atomic mass is 32.2. The molecule has 2 aromatic carbocycles. The molecule has 0 N–H and O–H groups in total. The number of rotatable bonds is 5. The van der Waals surface area contributed by atoms with Crippen molar-refractivity contribution in [1.29, 1.82) is 0 Å². The fraction of sp³-hybridized carbons (Fsp3) is 0.222. The van der Waals surface area contributed by atoms with Crippen molar-refractivity contribution in [2.24, 2.45) is 4.99 Å². The summed E-state index contributed by atoms with van der Waals surface area (Å²) >= 11 is 1.19. The van der Waals surface area contributed by atoms with E-state index in [0.29, 0.717) is 22.7 Å². The molecule has 142 valence electrons. The molecule has 0 saturated heterocycles. The smallest absolute Gasteiger partial charge is 0.279 e. The number of fused-ring (bicyclic) bond motifs is 1. The van der Waals surface area contributed by atoms with Crippen LogP contribution >= 0.6 is 11.3 Å². The number of sulfone groups is 1. The standard InChI is InChI=1S/C18H17FN2O4S2/c1-25-9-8-21-15-7-6-14(27(2,23)24)11-16(15)26-18(21)20-17(22)12-4-3-5-13(19)10-12/h3-7,10-11H,8-9H2,1-2H3. The van der Waals surface area contributed by atoms with Crippen LogP contribution < -0.4 is 4.80 Å². The minimum absolute atomic E-state index is 0.141. The van der Waals surface area contributed by atoms with Crippen molar-refractivity contribution < 1.29 is 22.3 Å². The lowest BCUT2D eigenvalue weighted by atomic mass is 10.2. The van der Waals surface area contributed by atoms with Crippen molar-refractivity contribution in [3.63, 3.8) is 0 Å². The third-order valence-corrected chi connectivity index (χ3v) is 6.02. The minimum atomic E-state index is -3.35. The summed E-state index contributed by atoms with van der Waals surface area (Å²) in [6.07, 6.45) is 1.14. The van der Waals surface area contributed by atoms with Gasteiger partial charge in [0, 0.05) is 25.5 Å². The molecular formula is C18H17FN2O4S2. The van der Waals surface area contributed by atoms with Gasteiger partial charge in [0.1, 0.15) is 5.82 Å². The van der Waals surface area contributed by atoms with E-state index < -0.39 is 21.6 Å². The summed E-state index contributed by atoms with van der Waals surface area (Å²) in [6, 6.07) is 10.1. The summed E-state index contributed by atoms with van der Waals surface area (Å²) in [6.45, 7) is 0.824. The molecule has 1 aromatic heterocycles. The first-order valence-electron chi connectivity index (χ1n) is 7.96. The summed E-state index contributed by atoms with van der Waals surface area (Å²) in [7, 11) is -1.79. The number of aromatic nitrogens is 1. The van der Waals surface area contributed by atoms with Gasteiger partial charge in [0.05, 0.1) is 21.7 Å². The molecule has 0 bridgehead atoms. The molecule has 0 fully saturated rings. The molecule has 1 heterocycles. The highest BCUT2D eigenvalue weighted by Crippen LogP contribution is 2.22. The van der Waals surface area contributed by atoms with Crippen molar-refractivity contribution in [1.82, 2.24) is 4.57 Å². The van der Waals surface area contributed by atoms with E-state index in [-0.39, 0.29) is 10.5 Å². The van der Waals surface area contributed by atoms with Gasteiger partial charge in [0.15, 0.2) is 14.6 Å². The quantitative estimate of drug-likeness (QED) is 0.650. The Kier molecular flexibility index (Phi) is 5.54. The maximum absolute atomic E-state index is 13.4. The number of hydrogen-bond acceptors (Lipinski definition) is 5. The highest BCUT2D eigenvalue weighted by Gasteiger charge is 2.13. The van der Waals surface area contributed by atoms with Crippen molar-refractivity contribution >= 4 is 37.3 Å². The Morgan fingerprint density at radius 1 is 1.26 bits per heavy atom. The van der Waals surface area contributed by atoms with Gasteiger partial charge in [-0.1, -0.05) is 17.4 Å². The maximum Gasteiger partial charge on any atom is 0.279 e. The SMILES string of the molecule is COCCn1c(=NC(=O)c2cccc(F)c2)sc2cc(S(C)(=O)=O)ccc21. The van der Waals surface area contributed by atoms with E-state index in [2.05, 4.69) is 4.99 Å². The third-order valence-electron chi connectivity index (χ3n) is 3.87. The van der Waals surface area contributed by atoms with Crippen molar-refractivity contribution in [2.45, 2.75) is 11.4 Å². The van der Waals surface area contributed by atoms with Gasteiger partial charge in [-0.15, -0.1) is 0 Å². The number of benzene rings is 2. The lowest BCUT2D eigenvalue weighted by molar-refractivity contribution is 0.0997. The van der Waals surface area contributed by atoms with Gasteiger partial charge < -0.3 is 9.30 Å². The van der Waals surface area contributed by atoms with E-state index in [4.69, 9.17) is 4.74 Å². The summed E-state index contributed by atoms with van der Waals surface area (Å²) in [5.41, 5.74) is 0.887. The van der Waals surface area contributed by atoms with Gasteiger partial charge in [0.25, 0.3) is 5.91 Å². The van der Waals surface area contributed by atoms with Gasteiger partial charge in [-0.25, -0.2) is 12.8 Å². The van der Waals surface area contributed by atoms with E-state index in [1.807, 2.05) is 0 Å². The Balaban J connectivity index is 2.16. The zero-order chi connectivity index (χ0) is 19.6. The van der Waals surface area contributed by atoms with E-state index in [9.17, 15) is 17.6 Å². The number of halogens is 1. The number of nitrogens with zero attached hydrogens (tertiary/aromatic N) is 2. The molecule has 0 saturated carbocycles. The van der Waals surface area contributed by atoms with Crippen LogP contribution in [0.4, 0.5) is 4.39 Å². The lowest BCUT2D eigenvalue weighted by Crippen LogP contribution is -2.19. The Morgan fingerprint density at radius 2 is 2.04 bits per heavy atom. The van der Waals surface area contributed by atoms with Gasteiger partial charge in [-0.05, 0) is 36.4 Å². The zero-order valence-corrected chi connectivity index (χ0v) is 16.3. The number of ether oxygens (including phenoxy) is 1. The van der Waals surface area contributed by atoms with Gasteiger partial charge in [-0.2, -0.15) is 4.99 Å². The van der Waals surface area contributed by atoms with Crippen molar-refractivity contribution in [2.75, 3.05) is 20.0 Å². The minimum Gasteiger partial charge on any atom is -0.383 e. The molecule has 27 heavy (non-hydrogen) atoms. The molecule has 0 aliphatic rings. The predicted octanol–water partition coefficient (Wildman–Crippen LogP) is 2.63. The average molecular weight is 408 g/mol. The fourth-order valence-corrected chi connectivity index (χ4v) is 4.36. The molecule has 0 radical (unpaired) electrons. The van der Waals surface area contributed by atoms with Gasteiger partial charge in [0.2, 0.25) is 0 Å². The number of amides is 1. The number of thiazole rings is 1. The normalized spacial score (nSPS) is 12.6. The second-order valence-electron chi connectivity index (χ2n) is 5.86. The zero-order valence-electron chi connectivity index (χ0n) is 14.7. The fourth-order valence-electron chi connectivity index (χ4n) is 2.54. The molecule has 0 unspecified atom stereocenters. The first-order valence-corrected chi connectivity index (χ1v) is 10.7. The molecule has 0 aliphatic carbocycles. The van der Waals surface area contributed by atoms with Crippen LogP contribution in [-0.4, -0.2) is 38.9 Å². The van der Waals surface area contributed by atoms with Crippen LogP contribution in [0.5, 0.6) is 0 Å². The molecular weight excluding hydrogens is 391 g/mol. The lowest BCUT2D eigenvalue weighted by Gasteiger charge is -2.05. The molecule has 1 amide bonds. The maximum atomic E-state index is 13.4. The highest BCUT2D eigenvalue weighted by molar-refractivity contribution is 7.90. The predicted molar refractivity (Wildman–Crippen MR) is 101 cm³/mol. The van der Waals surface area contributed by atoms with Crippen LogP contribution in [0.15, 0.2) is 52.4 Å². The van der Waals surface area contributed by atoms with Gasteiger partial charge >= 0.3 is 0 Å². The summed E-state index contributed by atoms with van der Waals surface area (Å²) in [5, 5.41) is 0. The first-order chi connectivity index (χ1) is 12.8. The number of carbonyl (C=O) groups excluding carboxylic acids is 1. The monoisotopic (exact) mass is 408 g/mol. The van der Waals surface area contributed by atoms with E-state index in [1.54, 1.807) is 23.8 Å². The van der Waals surface area contributed by atoms with Gasteiger partial charge in [-0.3, -0.25) is 4.79 Å². The Morgan fingerprint density at radius 3 is 2.70 bits per heavy atom. The second kappa shape index (κ2) is 7.71. The van der Waals surface area contributed by atoms with Crippen LogP contribution in [0.1, 0.15) is 10.4 Å². The third kappa shape index (κ3) is 4.32.